The molecule has 0 saturated heterocycles. The predicted octanol–water partition coefficient (Wildman–Crippen LogP) is 7.39. The normalized spacial score (nSPS) is 11.3. The summed E-state index contributed by atoms with van der Waals surface area (Å²) in [6.45, 7) is 0. The van der Waals surface area contributed by atoms with E-state index in [0.717, 1.165) is 39.5 Å². The Balaban J connectivity index is 1.61. The fourth-order valence-electron chi connectivity index (χ4n) is 6.11. The summed E-state index contributed by atoms with van der Waals surface area (Å²) in [4.78, 5) is 29.4. The number of ether oxygens (including phenoxy) is 1. The maximum absolute atomic E-state index is 14.7. The topological polar surface area (TPSA) is 53.2 Å². The van der Waals surface area contributed by atoms with Gasteiger partial charge in [-0.2, -0.15) is 0 Å². The molecule has 2 aliphatic heterocycles. The summed E-state index contributed by atoms with van der Waals surface area (Å²) < 4.78 is 8.97. The minimum atomic E-state index is -0.657. The van der Waals surface area contributed by atoms with Crippen LogP contribution in [0.25, 0.3) is 33.9 Å². The minimum Gasteiger partial charge on any atom is -0.497 e. The molecule has 5 heteroatoms. The van der Waals surface area contributed by atoms with Gasteiger partial charge in [0.25, 0.3) is 11.1 Å². The molecule has 4 aliphatic rings. The molecule has 7 rings (SSSR count). The van der Waals surface area contributed by atoms with Gasteiger partial charge in [-0.1, -0.05) is 97.1 Å². The van der Waals surface area contributed by atoms with Gasteiger partial charge in [-0.05, 0) is 54.1 Å². The molecular weight excluding hydrogens is 532 g/mol. The number of para-hydroxylation sites is 2. The van der Waals surface area contributed by atoms with E-state index in [0.29, 0.717) is 16.9 Å². The third-order valence-corrected chi connectivity index (χ3v) is 8.01. The highest BCUT2D eigenvalue weighted by atomic mass is 16.5. The molecule has 43 heavy (non-hydrogen) atoms. The molecule has 0 atom stereocenters. The minimum absolute atomic E-state index is 0.159. The number of nitrogens with zero attached hydrogens (tertiary/aromatic N) is 2. The molecule has 2 heterocycles. The highest BCUT2D eigenvalue weighted by Crippen LogP contribution is 2.42. The van der Waals surface area contributed by atoms with Crippen LogP contribution in [0.2, 0.25) is 0 Å². The van der Waals surface area contributed by atoms with E-state index in [1.165, 1.54) is 0 Å². The molecule has 0 unspecified atom stereocenters. The van der Waals surface area contributed by atoms with Crippen molar-refractivity contribution in [1.29, 1.82) is 0 Å². The molecule has 2 aliphatic carbocycles. The van der Waals surface area contributed by atoms with Crippen molar-refractivity contribution in [2.75, 3.05) is 7.11 Å². The summed E-state index contributed by atoms with van der Waals surface area (Å²) in [5.41, 5.74) is 6.29. The monoisotopic (exact) mass is 560 g/mol. The lowest BCUT2D eigenvalue weighted by Crippen LogP contribution is -2.24. The van der Waals surface area contributed by atoms with E-state index >= 15 is 0 Å². The molecule has 0 bridgehead atoms. The molecule has 0 radical (unpaired) electrons. The molecule has 0 N–H and O–H groups in total. The third-order valence-electron chi connectivity index (χ3n) is 8.01. The Morgan fingerprint density at radius 3 is 1.30 bits per heavy atom. The zero-order chi connectivity index (χ0) is 29.3. The van der Waals surface area contributed by atoms with Crippen molar-refractivity contribution >= 4 is 0 Å². The number of hydrogen-bond donors (Lipinski definition) is 0. The average Bonchev–Trinajstić information content (AvgIpc) is 3.24. The fourth-order valence-corrected chi connectivity index (χ4v) is 6.11. The van der Waals surface area contributed by atoms with Crippen molar-refractivity contribution in [3.63, 3.8) is 0 Å². The molecule has 0 fully saturated rings. The van der Waals surface area contributed by atoms with Gasteiger partial charge >= 0.3 is 0 Å². The van der Waals surface area contributed by atoms with Gasteiger partial charge < -0.3 is 4.74 Å². The van der Waals surface area contributed by atoms with Crippen LogP contribution in [0.1, 0.15) is 22.6 Å². The quantitative estimate of drug-likeness (QED) is 0.213. The number of fused-ring (bicyclic) bond motifs is 2. The summed E-state index contributed by atoms with van der Waals surface area (Å²) in [7, 11) is 1.62. The van der Waals surface area contributed by atoms with Crippen LogP contribution in [0.5, 0.6) is 5.75 Å². The molecule has 0 aromatic heterocycles. The first-order valence-electron chi connectivity index (χ1n) is 14.2. The second-order valence-corrected chi connectivity index (χ2v) is 10.4. The summed E-state index contributed by atoms with van der Waals surface area (Å²) in [6, 6.07) is 46.5. The van der Waals surface area contributed by atoms with Crippen LogP contribution >= 0.6 is 0 Å². The van der Waals surface area contributed by atoms with Crippen LogP contribution in [-0.4, -0.2) is 16.2 Å². The second kappa shape index (κ2) is 11.0. The van der Waals surface area contributed by atoms with Gasteiger partial charge in [-0.25, -0.2) is 0 Å². The van der Waals surface area contributed by atoms with Crippen molar-refractivity contribution < 1.29 is 4.74 Å². The Bertz CT molecular complexity index is 1970. The van der Waals surface area contributed by atoms with Crippen molar-refractivity contribution in [2.45, 2.75) is 5.92 Å². The van der Waals surface area contributed by atoms with E-state index in [-0.39, 0.29) is 11.1 Å². The fraction of sp³-hybridized carbons (Fsp3) is 0.0526. The van der Waals surface area contributed by atoms with Crippen LogP contribution < -0.4 is 15.9 Å². The molecule has 5 nitrogen and oxygen atoms in total. The van der Waals surface area contributed by atoms with Gasteiger partial charge in [0, 0.05) is 39.5 Å². The van der Waals surface area contributed by atoms with Crippen molar-refractivity contribution in [2.24, 2.45) is 0 Å². The molecule has 208 valence electrons. The van der Waals surface area contributed by atoms with E-state index in [4.69, 9.17) is 4.74 Å². The van der Waals surface area contributed by atoms with E-state index in [9.17, 15) is 9.59 Å². The number of benzene rings is 3. The lowest BCUT2D eigenvalue weighted by molar-refractivity contribution is 0.414. The van der Waals surface area contributed by atoms with Crippen LogP contribution in [-0.2, 0) is 0 Å². The second-order valence-electron chi connectivity index (χ2n) is 10.4. The van der Waals surface area contributed by atoms with Crippen molar-refractivity contribution in [1.82, 2.24) is 9.13 Å². The first-order chi connectivity index (χ1) is 21.2. The Labute approximate surface area is 249 Å². The zero-order valence-electron chi connectivity index (χ0n) is 23.6. The Morgan fingerprint density at radius 1 is 0.488 bits per heavy atom. The van der Waals surface area contributed by atoms with Crippen LogP contribution in [0, 0.1) is 0 Å². The predicted molar refractivity (Wildman–Crippen MR) is 171 cm³/mol. The lowest BCUT2D eigenvalue weighted by atomic mass is 9.83. The van der Waals surface area contributed by atoms with Gasteiger partial charge in [0.1, 0.15) is 5.75 Å². The first-order valence-corrected chi connectivity index (χ1v) is 14.2. The molecule has 0 saturated carbocycles. The van der Waals surface area contributed by atoms with Crippen molar-refractivity contribution in [3.8, 4) is 39.6 Å². The standard InChI is InChI=1S/C38H28N2O3/c1-43-29-24-22-26(23-25-29)34(35-30-18-10-4-12-20-32(30)39(37(35)41)27-14-6-2-7-15-27)36-31-19-11-5-13-21-33(31)40(38(36)42)28-16-8-3-9-17-28/h2-25,34H,1H3. The maximum atomic E-state index is 14.7. The van der Waals surface area contributed by atoms with E-state index in [1.54, 1.807) is 16.2 Å². The van der Waals surface area contributed by atoms with Crippen LogP contribution in [0.4, 0.5) is 0 Å². The Hall–Kier alpha value is -5.68. The summed E-state index contributed by atoms with van der Waals surface area (Å²) in [5.74, 6) is 0.0408. The van der Waals surface area contributed by atoms with E-state index in [2.05, 4.69) is 0 Å². The third kappa shape index (κ3) is 4.43. The maximum Gasteiger partial charge on any atom is 0.260 e. The molecule has 0 spiro atoms. The van der Waals surface area contributed by atoms with Gasteiger partial charge in [0.2, 0.25) is 0 Å². The molecule has 3 aromatic carbocycles. The van der Waals surface area contributed by atoms with Crippen molar-refractivity contribution in [3.05, 3.63) is 183 Å². The van der Waals surface area contributed by atoms with Crippen LogP contribution in [0.3, 0.4) is 0 Å². The van der Waals surface area contributed by atoms with E-state index in [1.807, 2.05) is 146 Å². The highest BCUT2D eigenvalue weighted by molar-refractivity contribution is 5.76. The van der Waals surface area contributed by atoms with E-state index < -0.39 is 5.92 Å². The van der Waals surface area contributed by atoms with Gasteiger partial charge in [-0.3, -0.25) is 18.7 Å². The van der Waals surface area contributed by atoms with Crippen LogP contribution in [0.15, 0.2) is 155 Å². The van der Waals surface area contributed by atoms with Gasteiger partial charge in [0.15, 0.2) is 0 Å². The number of methoxy groups -OCH3 is 1. The lowest BCUT2D eigenvalue weighted by Gasteiger charge is -2.17. The molecule has 3 aromatic rings. The average molecular weight is 561 g/mol. The number of hydrogen-bond acceptors (Lipinski definition) is 3. The zero-order valence-corrected chi connectivity index (χ0v) is 23.6. The molecular formula is C38H28N2O3. The highest BCUT2D eigenvalue weighted by Gasteiger charge is 2.35. The smallest absolute Gasteiger partial charge is 0.260 e. The Morgan fingerprint density at radius 2 is 0.884 bits per heavy atom. The Kier molecular flexibility index (Phi) is 6.68. The van der Waals surface area contributed by atoms with Gasteiger partial charge in [-0.15, -0.1) is 0 Å². The number of aromatic nitrogens is 2. The summed E-state index contributed by atoms with van der Waals surface area (Å²) in [5, 5.41) is 0. The molecule has 0 amide bonds. The SMILES string of the molecule is COc1ccc(C(c2c3cccccc-3n(-c3ccccc3)c2=O)c2c3cccccc-3n(-c3ccccc3)c2=O)cc1. The van der Waals surface area contributed by atoms with Gasteiger partial charge in [0.05, 0.1) is 18.5 Å². The first kappa shape index (κ1) is 26.2. The summed E-state index contributed by atoms with van der Waals surface area (Å²) in [6.07, 6.45) is 0. The number of rotatable bonds is 6. The largest absolute Gasteiger partial charge is 0.497 e. The summed E-state index contributed by atoms with van der Waals surface area (Å²) >= 11 is 0.